The van der Waals surface area contributed by atoms with Crippen molar-refractivity contribution in [3.05, 3.63) is 65.8 Å². The molecule has 0 spiro atoms. The molecule has 26 heavy (non-hydrogen) atoms. The van der Waals surface area contributed by atoms with Crippen molar-refractivity contribution in [2.75, 3.05) is 5.32 Å². The molecule has 1 amide bonds. The number of fused-ring (bicyclic) bond motifs is 1. The second-order valence-corrected chi connectivity index (χ2v) is 5.87. The molecule has 7 heteroatoms. The minimum absolute atomic E-state index is 0.114. The third kappa shape index (κ3) is 2.63. The molecule has 1 N–H and O–H groups in total. The summed E-state index contributed by atoms with van der Waals surface area (Å²) in [7, 11) is 1.76. The minimum atomic E-state index is -0.500. The molecule has 4 aromatic rings. The van der Waals surface area contributed by atoms with Crippen LogP contribution < -0.4 is 5.32 Å². The Kier molecular flexibility index (Phi) is 3.76. The van der Waals surface area contributed by atoms with E-state index in [0.29, 0.717) is 33.7 Å². The number of anilines is 1. The Morgan fingerprint density at radius 3 is 2.77 bits per heavy atom. The van der Waals surface area contributed by atoms with Crippen LogP contribution in [0.2, 0.25) is 0 Å². The Hall–Kier alpha value is -3.48. The number of hydrogen-bond donors (Lipinski definition) is 1. The van der Waals surface area contributed by atoms with Gasteiger partial charge >= 0.3 is 0 Å². The molecule has 0 aliphatic carbocycles. The topological polar surface area (TPSA) is 73.0 Å². The number of furan rings is 1. The fraction of sp³-hybridized carbons (Fsp3) is 0.105. The highest BCUT2D eigenvalue weighted by Crippen LogP contribution is 2.28. The predicted molar refractivity (Wildman–Crippen MR) is 95.3 cm³/mol. The lowest BCUT2D eigenvalue weighted by Gasteiger charge is -2.09. The zero-order valence-electron chi connectivity index (χ0n) is 14.2. The van der Waals surface area contributed by atoms with Gasteiger partial charge in [0.25, 0.3) is 5.91 Å². The Bertz CT molecular complexity index is 1120. The van der Waals surface area contributed by atoms with E-state index in [9.17, 15) is 9.18 Å². The second kappa shape index (κ2) is 6.11. The molecule has 0 saturated heterocycles. The van der Waals surface area contributed by atoms with E-state index in [1.807, 2.05) is 0 Å². The molecule has 0 unspecified atom stereocenters. The van der Waals surface area contributed by atoms with Gasteiger partial charge in [0, 0.05) is 7.05 Å². The van der Waals surface area contributed by atoms with Crippen molar-refractivity contribution in [2.24, 2.45) is 7.05 Å². The van der Waals surface area contributed by atoms with Crippen LogP contribution in [0.4, 0.5) is 10.1 Å². The van der Waals surface area contributed by atoms with Crippen LogP contribution >= 0.6 is 0 Å². The molecule has 1 aromatic carbocycles. The van der Waals surface area contributed by atoms with E-state index in [0.717, 1.165) is 0 Å². The molecule has 0 aliphatic heterocycles. The van der Waals surface area contributed by atoms with E-state index < -0.39 is 11.7 Å². The van der Waals surface area contributed by atoms with E-state index >= 15 is 0 Å². The molecule has 0 aliphatic rings. The van der Waals surface area contributed by atoms with Gasteiger partial charge in [0.15, 0.2) is 11.4 Å². The van der Waals surface area contributed by atoms with Crippen molar-refractivity contribution in [1.29, 1.82) is 0 Å². The summed E-state index contributed by atoms with van der Waals surface area (Å²) in [5.41, 5.74) is 2.19. The summed E-state index contributed by atoms with van der Waals surface area (Å²) >= 11 is 0. The van der Waals surface area contributed by atoms with Crippen LogP contribution in [-0.4, -0.2) is 20.7 Å². The predicted octanol–water partition coefficient (Wildman–Crippen LogP) is 3.93. The quantitative estimate of drug-likeness (QED) is 0.608. The number of carbonyl (C=O) groups excluding carboxylic acids is 1. The van der Waals surface area contributed by atoms with E-state index in [2.05, 4.69) is 15.4 Å². The first kappa shape index (κ1) is 16.0. The number of aryl methyl sites for hydroxylation is 2. The van der Waals surface area contributed by atoms with Gasteiger partial charge in [0.2, 0.25) is 0 Å². The normalized spacial score (nSPS) is 11.0. The molecule has 6 nitrogen and oxygen atoms in total. The Morgan fingerprint density at radius 1 is 1.23 bits per heavy atom. The standard InChI is InChI=1S/C19H15FN4O2/c1-11-17-12(19(25)22-14-7-4-3-6-13(14)20)10-15(16-8-5-9-26-16)21-18(17)24(2)23-11/h3-10H,1-2H3,(H,22,25). The van der Waals surface area contributed by atoms with Gasteiger partial charge in [-0.3, -0.25) is 9.48 Å². The van der Waals surface area contributed by atoms with Gasteiger partial charge in [-0.25, -0.2) is 9.37 Å². The number of nitrogens with zero attached hydrogens (tertiary/aromatic N) is 3. The highest BCUT2D eigenvalue weighted by molar-refractivity contribution is 6.13. The van der Waals surface area contributed by atoms with E-state index in [4.69, 9.17) is 4.42 Å². The number of aromatic nitrogens is 3. The van der Waals surface area contributed by atoms with Crippen LogP contribution in [0, 0.1) is 12.7 Å². The van der Waals surface area contributed by atoms with Crippen LogP contribution in [0.5, 0.6) is 0 Å². The van der Waals surface area contributed by atoms with Gasteiger partial charge in [-0.05, 0) is 37.3 Å². The largest absolute Gasteiger partial charge is 0.463 e. The summed E-state index contributed by atoms with van der Waals surface area (Å²) < 4.78 is 20.9. The maximum Gasteiger partial charge on any atom is 0.256 e. The Morgan fingerprint density at radius 2 is 2.04 bits per heavy atom. The Balaban J connectivity index is 1.87. The summed E-state index contributed by atoms with van der Waals surface area (Å²) in [6.07, 6.45) is 1.54. The summed E-state index contributed by atoms with van der Waals surface area (Å²) in [4.78, 5) is 17.4. The molecule has 130 valence electrons. The first-order valence-electron chi connectivity index (χ1n) is 7.98. The average Bonchev–Trinajstić information content (AvgIpc) is 3.25. The van der Waals surface area contributed by atoms with Crippen LogP contribution in [0.3, 0.4) is 0 Å². The highest BCUT2D eigenvalue weighted by Gasteiger charge is 2.20. The lowest BCUT2D eigenvalue weighted by atomic mass is 10.1. The molecule has 4 rings (SSSR count). The molecule has 3 heterocycles. The number of halogens is 1. The summed E-state index contributed by atoms with van der Waals surface area (Å²) in [5.74, 6) is -0.405. The van der Waals surface area contributed by atoms with Gasteiger partial charge in [-0.1, -0.05) is 12.1 Å². The number of pyridine rings is 1. The average molecular weight is 350 g/mol. The zero-order valence-corrected chi connectivity index (χ0v) is 14.2. The fourth-order valence-corrected chi connectivity index (χ4v) is 2.93. The molecule has 0 bridgehead atoms. The smallest absolute Gasteiger partial charge is 0.256 e. The first-order valence-corrected chi connectivity index (χ1v) is 7.98. The van der Waals surface area contributed by atoms with Gasteiger partial charge in [0.05, 0.1) is 28.6 Å². The van der Waals surface area contributed by atoms with Crippen LogP contribution in [0.15, 0.2) is 53.1 Å². The second-order valence-electron chi connectivity index (χ2n) is 5.87. The van der Waals surface area contributed by atoms with Crippen molar-refractivity contribution in [2.45, 2.75) is 6.92 Å². The van der Waals surface area contributed by atoms with Gasteiger partial charge < -0.3 is 9.73 Å². The highest BCUT2D eigenvalue weighted by atomic mass is 19.1. The van der Waals surface area contributed by atoms with Crippen LogP contribution in [-0.2, 0) is 7.05 Å². The fourth-order valence-electron chi connectivity index (χ4n) is 2.93. The maximum absolute atomic E-state index is 13.9. The zero-order chi connectivity index (χ0) is 18.3. The third-order valence-corrected chi connectivity index (χ3v) is 4.11. The van der Waals surface area contributed by atoms with Crippen LogP contribution in [0.25, 0.3) is 22.5 Å². The molecule has 3 aromatic heterocycles. The summed E-state index contributed by atoms with van der Waals surface area (Å²) in [5, 5.41) is 7.59. The summed E-state index contributed by atoms with van der Waals surface area (Å²) in [6, 6.07) is 11.2. The molecule has 0 atom stereocenters. The van der Waals surface area contributed by atoms with E-state index in [-0.39, 0.29) is 5.69 Å². The van der Waals surface area contributed by atoms with Gasteiger partial charge in [0.1, 0.15) is 11.5 Å². The van der Waals surface area contributed by atoms with Crippen molar-refractivity contribution < 1.29 is 13.6 Å². The number of para-hydroxylation sites is 1. The first-order chi connectivity index (χ1) is 12.5. The van der Waals surface area contributed by atoms with Crippen LogP contribution in [0.1, 0.15) is 16.1 Å². The number of benzene rings is 1. The number of amides is 1. The number of rotatable bonds is 3. The molecular formula is C19H15FN4O2. The van der Waals surface area contributed by atoms with Crippen molar-refractivity contribution in [3.8, 4) is 11.5 Å². The number of carbonyl (C=O) groups is 1. The molecule has 0 fully saturated rings. The van der Waals surface area contributed by atoms with Gasteiger partial charge in [-0.2, -0.15) is 5.10 Å². The molecular weight excluding hydrogens is 335 g/mol. The maximum atomic E-state index is 13.9. The lowest BCUT2D eigenvalue weighted by Crippen LogP contribution is -2.14. The molecule has 0 radical (unpaired) electrons. The van der Waals surface area contributed by atoms with Crippen molar-refractivity contribution in [3.63, 3.8) is 0 Å². The minimum Gasteiger partial charge on any atom is -0.463 e. The third-order valence-electron chi connectivity index (χ3n) is 4.11. The van der Waals surface area contributed by atoms with E-state index in [1.54, 1.807) is 49.0 Å². The Labute approximate surface area is 148 Å². The number of nitrogens with one attached hydrogen (secondary N) is 1. The van der Waals surface area contributed by atoms with Crippen molar-refractivity contribution >= 4 is 22.6 Å². The van der Waals surface area contributed by atoms with E-state index in [1.165, 1.54) is 18.4 Å². The SMILES string of the molecule is Cc1nn(C)c2nc(-c3ccco3)cc(C(=O)Nc3ccccc3F)c12. The van der Waals surface area contributed by atoms with Crippen molar-refractivity contribution in [1.82, 2.24) is 14.8 Å². The number of hydrogen-bond acceptors (Lipinski definition) is 4. The monoisotopic (exact) mass is 350 g/mol. The molecule has 0 saturated carbocycles. The van der Waals surface area contributed by atoms with Gasteiger partial charge in [-0.15, -0.1) is 0 Å². The summed E-state index contributed by atoms with van der Waals surface area (Å²) in [6.45, 7) is 1.80. The lowest BCUT2D eigenvalue weighted by molar-refractivity contribution is 0.102.